The van der Waals surface area contributed by atoms with Crippen LogP contribution in [-0.4, -0.2) is 42.2 Å². The average Bonchev–Trinajstić information content (AvgIpc) is 3.22. The molecule has 0 bridgehead atoms. The SMILES string of the molecule is COc1ccc2c(c1)C(=O)N(C[C@@]1(C#Cc3ccc(CC(N)=O)cc3)CC(=O)NC1=O)C2. The Kier molecular flexibility index (Phi) is 5.41. The first-order chi connectivity index (χ1) is 15.3. The number of primary amides is 1. The van der Waals surface area contributed by atoms with Crippen LogP contribution in [-0.2, 0) is 27.3 Å². The Morgan fingerprint density at radius 2 is 1.94 bits per heavy atom. The molecule has 1 saturated heterocycles. The van der Waals surface area contributed by atoms with Crippen LogP contribution in [0, 0.1) is 17.3 Å². The molecule has 0 saturated carbocycles. The fourth-order valence-electron chi connectivity index (χ4n) is 3.93. The molecule has 2 aromatic rings. The summed E-state index contributed by atoms with van der Waals surface area (Å²) < 4.78 is 5.20. The molecule has 0 unspecified atom stereocenters. The summed E-state index contributed by atoms with van der Waals surface area (Å²) in [5, 5.41) is 2.31. The Morgan fingerprint density at radius 3 is 2.56 bits per heavy atom. The van der Waals surface area contributed by atoms with Gasteiger partial charge in [-0.15, -0.1) is 0 Å². The second-order valence-electron chi connectivity index (χ2n) is 7.91. The molecule has 1 atom stereocenters. The van der Waals surface area contributed by atoms with Crippen LogP contribution in [0.15, 0.2) is 42.5 Å². The van der Waals surface area contributed by atoms with Gasteiger partial charge >= 0.3 is 0 Å². The summed E-state index contributed by atoms with van der Waals surface area (Å²) in [7, 11) is 1.53. The Hall–Kier alpha value is -4.12. The van der Waals surface area contributed by atoms with E-state index in [9.17, 15) is 19.2 Å². The number of nitrogens with two attached hydrogens (primary N) is 1. The number of ether oxygens (including phenoxy) is 1. The summed E-state index contributed by atoms with van der Waals surface area (Å²) in [6, 6.07) is 12.2. The molecule has 0 aromatic heterocycles. The van der Waals surface area contributed by atoms with E-state index in [4.69, 9.17) is 10.5 Å². The van der Waals surface area contributed by atoms with Gasteiger partial charge in [-0.25, -0.2) is 0 Å². The van der Waals surface area contributed by atoms with E-state index in [1.807, 2.05) is 6.07 Å². The van der Waals surface area contributed by atoms with E-state index in [-0.39, 0.29) is 25.3 Å². The van der Waals surface area contributed by atoms with E-state index in [0.29, 0.717) is 23.4 Å². The molecule has 3 N–H and O–H groups in total. The van der Waals surface area contributed by atoms with Gasteiger partial charge in [0, 0.05) is 24.2 Å². The topological polar surface area (TPSA) is 119 Å². The van der Waals surface area contributed by atoms with Gasteiger partial charge in [0.15, 0.2) is 0 Å². The molecule has 4 amide bonds. The fourth-order valence-corrected chi connectivity index (χ4v) is 3.93. The highest BCUT2D eigenvalue weighted by molar-refractivity contribution is 6.08. The second kappa shape index (κ2) is 8.19. The summed E-state index contributed by atoms with van der Waals surface area (Å²) in [6.45, 7) is 0.317. The average molecular weight is 431 g/mol. The minimum Gasteiger partial charge on any atom is -0.497 e. The molecule has 0 aliphatic carbocycles. The Morgan fingerprint density at radius 1 is 1.19 bits per heavy atom. The van der Waals surface area contributed by atoms with Crippen LogP contribution < -0.4 is 15.8 Å². The van der Waals surface area contributed by atoms with Crippen LogP contribution in [0.2, 0.25) is 0 Å². The number of hydrogen-bond donors (Lipinski definition) is 2. The maximum absolute atomic E-state index is 13.0. The summed E-state index contributed by atoms with van der Waals surface area (Å²) >= 11 is 0. The number of fused-ring (bicyclic) bond motifs is 1. The highest BCUT2D eigenvalue weighted by Crippen LogP contribution is 2.33. The monoisotopic (exact) mass is 431 g/mol. The number of benzene rings is 2. The van der Waals surface area contributed by atoms with Crippen LogP contribution in [0.1, 0.15) is 33.5 Å². The molecule has 8 heteroatoms. The smallest absolute Gasteiger partial charge is 0.254 e. The predicted octanol–water partition coefficient (Wildman–Crippen LogP) is 0.763. The Bertz CT molecular complexity index is 1190. The number of rotatable bonds is 5. The van der Waals surface area contributed by atoms with Crippen LogP contribution in [0.4, 0.5) is 0 Å². The van der Waals surface area contributed by atoms with Crippen LogP contribution >= 0.6 is 0 Å². The fraction of sp³-hybridized carbons (Fsp3) is 0.250. The number of carbonyl (C=O) groups is 4. The van der Waals surface area contributed by atoms with Crippen molar-refractivity contribution >= 4 is 23.6 Å². The maximum atomic E-state index is 13.0. The van der Waals surface area contributed by atoms with Gasteiger partial charge in [0.25, 0.3) is 5.91 Å². The van der Waals surface area contributed by atoms with Crippen molar-refractivity contribution in [2.75, 3.05) is 13.7 Å². The zero-order valence-electron chi connectivity index (χ0n) is 17.4. The van der Waals surface area contributed by atoms with E-state index >= 15 is 0 Å². The zero-order valence-corrected chi connectivity index (χ0v) is 17.4. The molecular formula is C24H21N3O5. The van der Waals surface area contributed by atoms with Crippen molar-refractivity contribution < 1.29 is 23.9 Å². The zero-order chi connectivity index (χ0) is 22.9. The minimum atomic E-state index is -1.34. The highest BCUT2D eigenvalue weighted by Gasteiger charge is 2.48. The lowest BCUT2D eigenvalue weighted by atomic mass is 9.85. The Balaban J connectivity index is 1.60. The van der Waals surface area contributed by atoms with E-state index in [1.165, 1.54) is 12.0 Å². The number of nitrogens with one attached hydrogen (secondary N) is 1. The van der Waals surface area contributed by atoms with Crippen molar-refractivity contribution in [1.29, 1.82) is 0 Å². The maximum Gasteiger partial charge on any atom is 0.254 e. The van der Waals surface area contributed by atoms with E-state index in [0.717, 1.165) is 11.1 Å². The van der Waals surface area contributed by atoms with E-state index in [2.05, 4.69) is 17.2 Å². The number of imide groups is 1. The van der Waals surface area contributed by atoms with Crippen molar-refractivity contribution in [2.45, 2.75) is 19.4 Å². The lowest BCUT2D eigenvalue weighted by Crippen LogP contribution is -2.42. The molecule has 0 radical (unpaired) electrons. The molecule has 2 aromatic carbocycles. The third-order valence-corrected chi connectivity index (χ3v) is 5.58. The molecule has 1 fully saturated rings. The van der Waals surface area contributed by atoms with E-state index in [1.54, 1.807) is 36.4 Å². The number of nitrogens with zero attached hydrogens (tertiary/aromatic N) is 1. The summed E-state index contributed by atoms with van der Waals surface area (Å²) in [4.78, 5) is 50.3. The lowest BCUT2D eigenvalue weighted by Gasteiger charge is -2.25. The number of carbonyl (C=O) groups excluding carboxylic acids is 4. The Labute approximate surface area is 184 Å². The van der Waals surface area contributed by atoms with E-state index < -0.39 is 23.1 Å². The van der Waals surface area contributed by atoms with Crippen LogP contribution in [0.25, 0.3) is 0 Å². The van der Waals surface area contributed by atoms with Crippen molar-refractivity contribution in [3.8, 4) is 17.6 Å². The largest absolute Gasteiger partial charge is 0.497 e. The van der Waals surface area contributed by atoms with Crippen molar-refractivity contribution in [3.05, 3.63) is 64.7 Å². The normalized spacial score (nSPS) is 19.3. The number of amides is 4. The molecule has 0 spiro atoms. The van der Waals surface area contributed by atoms with Crippen LogP contribution in [0.5, 0.6) is 5.75 Å². The molecular weight excluding hydrogens is 410 g/mol. The summed E-state index contributed by atoms with van der Waals surface area (Å²) in [6.07, 6.45) is -0.000983. The molecule has 32 heavy (non-hydrogen) atoms. The van der Waals surface area contributed by atoms with Crippen LogP contribution in [0.3, 0.4) is 0 Å². The standard InChI is InChI=1S/C24H21N3O5/c1-32-18-7-6-17-13-27(22(30)19(17)11-18)14-24(12-21(29)26-23(24)31)9-8-15-2-4-16(5-3-15)10-20(25)28/h2-7,11H,10,12-14H2,1H3,(H2,25,28)(H,26,29,31)/t24-/m1/s1. The van der Waals surface area contributed by atoms with Crippen molar-refractivity contribution in [1.82, 2.24) is 10.2 Å². The number of hydrogen-bond acceptors (Lipinski definition) is 5. The predicted molar refractivity (Wildman–Crippen MR) is 114 cm³/mol. The van der Waals surface area contributed by atoms with Gasteiger partial charge in [0.1, 0.15) is 11.2 Å². The van der Waals surface area contributed by atoms with Crippen molar-refractivity contribution in [3.63, 3.8) is 0 Å². The first-order valence-corrected chi connectivity index (χ1v) is 10.0. The molecule has 2 aliphatic rings. The van der Waals surface area contributed by atoms with Crippen molar-refractivity contribution in [2.24, 2.45) is 11.1 Å². The quantitative estimate of drug-likeness (QED) is 0.535. The summed E-state index contributed by atoms with van der Waals surface area (Å²) in [5.41, 5.74) is 6.57. The second-order valence-corrected chi connectivity index (χ2v) is 7.91. The number of methoxy groups -OCH3 is 1. The van der Waals surface area contributed by atoms with Gasteiger partial charge in [-0.1, -0.05) is 30.0 Å². The molecule has 2 aliphatic heterocycles. The molecule has 2 heterocycles. The van der Waals surface area contributed by atoms with Gasteiger partial charge in [-0.3, -0.25) is 24.5 Å². The van der Waals surface area contributed by atoms with Gasteiger partial charge in [-0.05, 0) is 35.4 Å². The third kappa shape index (κ3) is 4.05. The van der Waals surface area contributed by atoms with Gasteiger partial charge in [0.05, 0.1) is 20.0 Å². The first-order valence-electron chi connectivity index (χ1n) is 10.0. The molecule has 162 valence electrons. The third-order valence-electron chi connectivity index (χ3n) is 5.58. The molecule has 4 rings (SSSR count). The highest BCUT2D eigenvalue weighted by atomic mass is 16.5. The van der Waals surface area contributed by atoms with Gasteiger partial charge in [-0.2, -0.15) is 0 Å². The summed E-state index contributed by atoms with van der Waals surface area (Å²) in [5.74, 6) is 4.87. The first kappa shape index (κ1) is 21.1. The molecule has 8 nitrogen and oxygen atoms in total. The van der Waals surface area contributed by atoms with Gasteiger partial charge < -0.3 is 15.4 Å². The minimum absolute atomic E-state index is 0.00678. The lowest BCUT2D eigenvalue weighted by molar-refractivity contribution is -0.127. The van der Waals surface area contributed by atoms with Gasteiger partial charge in [0.2, 0.25) is 17.7 Å².